The summed E-state index contributed by atoms with van der Waals surface area (Å²) in [5, 5.41) is 3.61. The van der Waals surface area contributed by atoms with Gasteiger partial charge in [0.05, 0.1) is 20.0 Å². The van der Waals surface area contributed by atoms with Crippen LogP contribution in [0.4, 0.5) is 0 Å². The first kappa shape index (κ1) is 10.6. The summed E-state index contributed by atoms with van der Waals surface area (Å²) in [6.45, 7) is 0.149. The third kappa shape index (κ3) is 1.89. The zero-order valence-electron chi connectivity index (χ0n) is 8.25. The number of aromatic nitrogens is 4. The van der Waals surface area contributed by atoms with Gasteiger partial charge >= 0.3 is 0 Å². The van der Waals surface area contributed by atoms with Crippen molar-refractivity contribution < 1.29 is 9.26 Å². The largest absolute Gasteiger partial charge is 0.489 e. The Morgan fingerprint density at radius 1 is 1.56 bits per heavy atom. The Labute approximate surface area is 94.6 Å². The van der Waals surface area contributed by atoms with Gasteiger partial charge in [0.1, 0.15) is 0 Å². The molecular weight excluding hydrogens is 236 g/mol. The maximum Gasteiger partial charge on any atom is 0.297 e. The SMILES string of the molecule is COc1c(Cl)ncn(Cc2ncon2)c1=O. The molecule has 2 heterocycles. The molecule has 2 aromatic heterocycles. The van der Waals surface area contributed by atoms with E-state index in [1.165, 1.54) is 24.4 Å². The summed E-state index contributed by atoms with van der Waals surface area (Å²) in [7, 11) is 1.35. The molecule has 0 aliphatic carbocycles. The van der Waals surface area contributed by atoms with Crippen LogP contribution in [-0.4, -0.2) is 26.8 Å². The van der Waals surface area contributed by atoms with Crippen molar-refractivity contribution in [1.29, 1.82) is 0 Å². The number of ether oxygens (including phenoxy) is 1. The normalized spacial score (nSPS) is 10.4. The van der Waals surface area contributed by atoms with Crippen molar-refractivity contribution in [2.75, 3.05) is 7.11 Å². The molecule has 2 rings (SSSR count). The Morgan fingerprint density at radius 2 is 2.38 bits per heavy atom. The van der Waals surface area contributed by atoms with Crippen LogP contribution >= 0.6 is 11.6 Å². The third-order valence-electron chi connectivity index (χ3n) is 1.88. The maximum atomic E-state index is 11.8. The smallest absolute Gasteiger partial charge is 0.297 e. The molecule has 84 valence electrons. The highest BCUT2D eigenvalue weighted by Gasteiger charge is 2.11. The molecule has 0 aromatic carbocycles. The van der Waals surface area contributed by atoms with Crippen LogP contribution < -0.4 is 10.3 Å². The molecule has 0 atom stereocenters. The second-order valence-corrected chi connectivity index (χ2v) is 3.21. The van der Waals surface area contributed by atoms with Crippen LogP contribution in [0, 0.1) is 0 Å². The van der Waals surface area contributed by atoms with Crippen molar-refractivity contribution in [3.05, 3.63) is 34.1 Å². The zero-order chi connectivity index (χ0) is 11.5. The number of hydrogen-bond acceptors (Lipinski definition) is 6. The van der Waals surface area contributed by atoms with Gasteiger partial charge in [-0.2, -0.15) is 4.98 Å². The molecule has 0 bridgehead atoms. The average Bonchev–Trinajstić information content (AvgIpc) is 2.76. The lowest BCUT2D eigenvalue weighted by Crippen LogP contribution is -2.23. The van der Waals surface area contributed by atoms with Crippen molar-refractivity contribution >= 4 is 11.6 Å². The quantitative estimate of drug-likeness (QED) is 0.722. The van der Waals surface area contributed by atoms with Gasteiger partial charge in [0.25, 0.3) is 5.56 Å². The molecule has 0 radical (unpaired) electrons. The molecule has 2 aromatic rings. The second kappa shape index (κ2) is 4.31. The van der Waals surface area contributed by atoms with Gasteiger partial charge in [0, 0.05) is 0 Å². The van der Waals surface area contributed by atoms with E-state index in [2.05, 4.69) is 19.6 Å². The molecule has 0 saturated heterocycles. The third-order valence-corrected chi connectivity index (χ3v) is 2.15. The summed E-state index contributed by atoms with van der Waals surface area (Å²) in [4.78, 5) is 19.4. The minimum absolute atomic E-state index is 0.00679. The number of rotatable bonds is 3. The van der Waals surface area contributed by atoms with Gasteiger partial charge in [-0.15, -0.1) is 0 Å². The van der Waals surface area contributed by atoms with Gasteiger partial charge in [0.15, 0.2) is 11.0 Å². The molecule has 16 heavy (non-hydrogen) atoms. The summed E-state index contributed by atoms with van der Waals surface area (Å²) in [6.07, 6.45) is 2.48. The fraction of sp³-hybridized carbons (Fsp3) is 0.250. The summed E-state index contributed by atoms with van der Waals surface area (Å²) in [5.41, 5.74) is -0.396. The van der Waals surface area contributed by atoms with Crippen LogP contribution in [-0.2, 0) is 6.54 Å². The van der Waals surface area contributed by atoms with Crippen LogP contribution in [0.5, 0.6) is 5.75 Å². The van der Waals surface area contributed by atoms with Crippen LogP contribution in [0.3, 0.4) is 0 Å². The fourth-order valence-corrected chi connectivity index (χ4v) is 1.35. The minimum Gasteiger partial charge on any atom is -0.489 e. The highest BCUT2D eigenvalue weighted by Crippen LogP contribution is 2.14. The van der Waals surface area contributed by atoms with Crippen LogP contribution in [0.25, 0.3) is 0 Å². The highest BCUT2D eigenvalue weighted by atomic mass is 35.5. The summed E-state index contributed by atoms with van der Waals surface area (Å²) in [5.74, 6) is 0.362. The van der Waals surface area contributed by atoms with Crippen molar-refractivity contribution in [3.8, 4) is 5.75 Å². The molecule has 0 saturated carbocycles. The molecule has 0 aliphatic rings. The van der Waals surface area contributed by atoms with E-state index in [0.29, 0.717) is 5.82 Å². The van der Waals surface area contributed by atoms with Gasteiger partial charge in [-0.25, -0.2) is 4.98 Å². The van der Waals surface area contributed by atoms with Crippen molar-refractivity contribution in [2.24, 2.45) is 0 Å². The van der Waals surface area contributed by atoms with E-state index in [0.717, 1.165) is 0 Å². The minimum atomic E-state index is -0.396. The van der Waals surface area contributed by atoms with E-state index in [4.69, 9.17) is 16.3 Å². The first-order chi connectivity index (χ1) is 7.72. The van der Waals surface area contributed by atoms with Crippen molar-refractivity contribution in [2.45, 2.75) is 6.54 Å². The highest BCUT2D eigenvalue weighted by molar-refractivity contribution is 6.30. The number of halogens is 1. The Bertz CT molecular complexity index is 537. The Balaban J connectivity index is 2.39. The fourth-order valence-electron chi connectivity index (χ4n) is 1.15. The molecule has 0 N–H and O–H groups in total. The van der Waals surface area contributed by atoms with Gasteiger partial charge in [-0.1, -0.05) is 16.8 Å². The molecular formula is C8H7ClN4O3. The molecule has 0 aliphatic heterocycles. The van der Waals surface area contributed by atoms with Crippen LogP contribution in [0.15, 0.2) is 22.0 Å². The summed E-state index contributed by atoms with van der Waals surface area (Å²) in [6, 6.07) is 0. The summed E-state index contributed by atoms with van der Waals surface area (Å²) >= 11 is 5.68. The van der Waals surface area contributed by atoms with E-state index < -0.39 is 5.56 Å². The Hall–Kier alpha value is -1.89. The maximum absolute atomic E-state index is 11.8. The van der Waals surface area contributed by atoms with E-state index in [9.17, 15) is 4.79 Å². The molecule has 0 spiro atoms. The van der Waals surface area contributed by atoms with E-state index in [1.54, 1.807) is 0 Å². The molecule has 0 fully saturated rings. The second-order valence-electron chi connectivity index (χ2n) is 2.85. The average molecular weight is 243 g/mol. The first-order valence-electron chi connectivity index (χ1n) is 4.26. The topological polar surface area (TPSA) is 83.0 Å². The van der Waals surface area contributed by atoms with Gasteiger partial charge in [-0.3, -0.25) is 9.36 Å². The molecule has 0 amide bonds. The standard InChI is InChI=1S/C8H7ClN4O3/c1-15-6-7(9)10-3-13(8(6)14)2-5-11-4-16-12-5/h3-4H,2H2,1H3. The predicted molar refractivity (Wildman–Crippen MR) is 53.5 cm³/mol. The first-order valence-corrected chi connectivity index (χ1v) is 4.64. The predicted octanol–water partition coefficient (Wildman–Crippen LogP) is 0.337. The molecule has 0 unspecified atom stereocenters. The molecule has 7 nitrogen and oxygen atoms in total. The number of methoxy groups -OCH3 is 1. The van der Waals surface area contributed by atoms with Crippen molar-refractivity contribution in [1.82, 2.24) is 19.7 Å². The number of hydrogen-bond donors (Lipinski definition) is 0. The van der Waals surface area contributed by atoms with Gasteiger partial charge in [-0.05, 0) is 0 Å². The lowest BCUT2D eigenvalue weighted by Gasteiger charge is -2.05. The lowest BCUT2D eigenvalue weighted by molar-refractivity contribution is 0.396. The monoisotopic (exact) mass is 242 g/mol. The van der Waals surface area contributed by atoms with Gasteiger partial charge in [0.2, 0.25) is 12.1 Å². The molecule has 8 heteroatoms. The van der Waals surface area contributed by atoms with Crippen molar-refractivity contribution in [3.63, 3.8) is 0 Å². The van der Waals surface area contributed by atoms with Crippen LogP contribution in [0.2, 0.25) is 5.15 Å². The van der Waals surface area contributed by atoms with E-state index in [1.807, 2.05) is 0 Å². The van der Waals surface area contributed by atoms with E-state index in [-0.39, 0.29) is 17.4 Å². The van der Waals surface area contributed by atoms with Gasteiger partial charge < -0.3 is 9.26 Å². The van der Waals surface area contributed by atoms with E-state index >= 15 is 0 Å². The Morgan fingerprint density at radius 3 is 3.00 bits per heavy atom. The lowest BCUT2D eigenvalue weighted by atomic mass is 10.5. The summed E-state index contributed by atoms with van der Waals surface area (Å²) < 4.78 is 10.7. The van der Waals surface area contributed by atoms with Crippen LogP contribution in [0.1, 0.15) is 5.82 Å². The number of nitrogens with zero attached hydrogens (tertiary/aromatic N) is 4. The zero-order valence-corrected chi connectivity index (χ0v) is 9.01. The Kier molecular flexibility index (Phi) is 2.86.